The number of pyridine rings is 1. The predicted molar refractivity (Wildman–Crippen MR) is 64.4 cm³/mol. The summed E-state index contributed by atoms with van der Waals surface area (Å²) in [4.78, 5) is 3.78. The molecule has 2 heterocycles. The van der Waals surface area contributed by atoms with Gasteiger partial charge in [0, 0.05) is 12.4 Å². The second kappa shape index (κ2) is 5.94. The first-order valence-electron chi connectivity index (χ1n) is 3.86. The van der Waals surface area contributed by atoms with E-state index >= 15 is 0 Å². The molecule has 0 bridgehead atoms. The first-order chi connectivity index (χ1) is 6.29. The highest BCUT2D eigenvalue weighted by molar-refractivity contribution is 9.11. The number of nitrogens with zero attached hydrogens (tertiary/aromatic N) is 1. The summed E-state index contributed by atoms with van der Waals surface area (Å²) in [6, 6.07) is 9.86. The highest BCUT2D eigenvalue weighted by atomic mass is 79.9. The summed E-state index contributed by atoms with van der Waals surface area (Å²) in [6.07, 6.45) is 3.50. The summed E-state index contributed by atoms with van der Waals surface area (Å²) in [7, 11) is 2.09. The van der Waals surface area contributed by atoms with Gasteiger partial charge >= 0.3 is 0 Å². The Balaban J connectivity index is 0.000000132. The van der Waals surface area contributed by atoms with Crippen LogP contribution >= 0.6 is 27.3 Å². The molecule has 4 heteroatoms. The average molecular weight is 254 g/mol. The lowest BCUT2D eigenvalue weighted by Crippen LogP contribution is -1.88. The van der Waals surface area contributed by atoms with E-state index in [1.54, 1.807) is 23.7 Å². The number of rotatable bonds is 0. The van der Waals surface area contributed by atoms with Crippen LogP contribution in [0.2, 0.25) is 0 Å². The third-order valence-corrected chi connectivity index (χ3v) is 2.81. The van der Waals surface area contributed by atoms with E-state index in [9.17, 15) is 0 Å². The topological polar surface area (TPSA) is 12.9 Å². The molecular formula is C9H9BBrNS. The van der Waals surface area contributed by atoms with Gasteiger partial charge in [-0.15, -0.1) is 11.3 Å². The zero-order valence-corrected chi connectivity index (χ0v) is 9.68. The molecule has 66 valence electrons. The third kappa shape index (κ3) is 4.85. The van der Waals surface area contributed by atoms with Gasteiger partial charge in [-0.2, -0.15) is 0 Å². The van der Waals surface area contributed by atoms with Gasteiger partial charge in [-0.25, -0.2) is 0 Å². The Morgan fingerprint density at radius 3 is 2.00 bits per heavy atom. The van der Waals surface area contributed by atoms with E-state index < -0.39 is 0 Å². The molecule has 0 atom stereocenters. The molecule has 2 aromatic heterocycles. The molecule has 2 rings (SSSR count). The smallest absolute Gasteiger partial charge is 0.152 e. The van der Waals surface area contributed by atoms with E-state index in [-0.39, 0.29) is 0 Å². The van der Waals surface area contributed by atoms with Crippen LogP contribution in [0.1, 0.15) is 0 Å². The van der Waals surface area contributed by atoms with Gasteiger partial charge in [0.1, 0.15) is 0 Å². The molecule has 0 spiro atoms. The fourth-order valence-corrected chi connectivity index (χ4v) is 2.20. The van der Waals surface area contributed by atoms with Crippen LogP contribution in [0.25, 0.3) is 0 Å². The Morgan fingerprint density at radius 1 is 1.15 bits per heavy atom. The fourth-order valence-electron chi connectivity index (χ4n) is 0.717. The van der Waals surface area contributed by atoms with Gasteiger partial charge < -0.3 is 0 Å². The molecule has 0 aliphatic heterocycles. The van der Waals surface area contributed by atoms with Crippen molar-refractivity contribution in [3.05, 3.63) is 46.5 Å². The van der Waals surface area contributed by atoms with Crippen molar-refractivity contribution in [2.24, 2.45) is 0 Å². The molecule has 0 aromatic carbocycles. The highest BCUT2D eigenvalue weighted by Crippen LogP contribution is 2.12. The minimum Gasteiger partial charge on any atom is -0.265 e. The Morgan fingerprint density at radius 2 is 1.85 bits per heavy atom. The second-order valence-corrected chi connectivity index (χ2v) is 5.04. The largest absolute Gasteiger partial charge is 0.265 e. The normalized spacial score (nSPS) is 8.69. The second-order valence-electron chi connectivity index (χ2n) is 2.37. The highest BCUT2D eigenvalue weighted by Gasteiger charge is 1.86. The molecule has 1 nitrogen and oxygen atoms in total. The minimum atomic E-state index is 1.21. The van der Waals surface area contributed by atoms with E-state index in [1.807, 2.05) is 18.2 Å². The molecule has 2 aromatic rings. The van der Waals surface area contributed by atoms with Gasteiger partial charge in [0.15, 0.2) is 7.85 Å². The third-order valence-electron chi connectivity index (χ3n) is 1.27. The van der Waals surface area contributed by atoms with E-state index in [4.69, 9.17) is 0 Å². The Kier molecular flexibility index (Phi) is 4.79. The zero-order chi connectivity index (χ0) is 9.52. The number of hydrogen-bond donors (Lipinski definition) is 0. The van der Waals surface area contributed by atoms with Crippen LogP contribution < -0.4 is 4.78 Å². The number of hydrogen-bond acceptors (Lipinski definition) is 2. The lowest BCUT2D eigenvalue weighted by atomic mass is 10.1. The SMILES string of the molecule is Bc1ccc(Br)s1.c1ccncc1. The van der Waals surface area contributed by atoms with Gasteiger partial charge in [-0.1, -0.05) is 12.1 Å². The van der Waals surface area contributed by atoms with Crippen molar-refractivity contribution in [2.45, 2.75) is 0 Å². The maximum atomic E-state index is 3.78. The molecule has 0 amide bonds. The number of thiophene rings is 1. The Bertz CT molecular complexity index is 293. The van der Waals surface area contributed by atoms with Gasteiger partial charge in [0.25, 0.3) is 0 Å². The summed E-state index contributed by atoms with van der Waals surface area (Å²) < 4.78 is 2.57. The molecule has 0 N–H and O–H groups in total. The van der Waals surface area contributed by atoms with Crippen LogP contribution in [0.4, 0.5) is 0 Å². The zero-order valence-electron chi connectivity index (χ0n) is 7.27. The lowest BCUT2D eigenvalue weighted by molar-refractivity contribution is 1.33. The molecule has 0 radical (unpaired) electrons. The van der Waals surface area contributed by atoms with Crippen LogP contribution in [0.15, 0.2) is 46.5 Å². The molecule has 0 unspecified atom stereocenters. The molecule has 0 saturated heterocycles. The van der Waals surface area contributed by atoms with Crippen molar-refractivity contribution in [3.63, 3.8) is 0 Å². The Hall–Kier alpha value is -0.605. The summed E-state index contributed by atoms with van der Waals surface area (Å²) in [5.41, 5.74) is 0. The van der Waals surface area contributed by atoms with Crippen LogP contribution in [-0.4, -0.2) is 12.8 Å². The van der Waals surface area contributed by atoms with Crippen LogP contribution in [0.3, 0.4) is 0 Å². The lowest BCUT2D eigenvalue weighted by Gasteiger charge is -1.70. The summed E-state index contributed by atoms with van der Waals surface area (Å²) in [6.45, 7) is 0. The fraction of sp³-hybridized carbons (Fsp3) is 0. The summed E-state index contributed by atoms with van der Waals surface area (Å²) >= 11 is 5.11. The van der Waals surface area contributed by atoms with Gasteiger partial charge in [0.05, 0.1) is 3.79 Å². The van der Waals surface area contributed by atoms with Gasteiger partial charge in [-0.3, -0.25) is 4.98 Å². The molecule has 0 aliphatic rings. The maximum absolute atomic E-state index is 3.78. The minimum absolute atomic E-state index is 1.21. The van der Waals surface area contributed by atoms with Crippen molar-refractivity contribution in [1.29, 1.82) is 0 Å². The molecule has 13 heavy (non-hydrogen) atoms. The summed E-state index contributed by atoms with van der Waals surface area (Å²) in [5.74, 6) is 0. The summed E-state index contributed by atoms with van der Waals surface area (Å²) in [5, 5.41) is 0. The van der Waals surface area contributed by atoms with Gasteiger partial charge in [-0.05, 0) is 38.9 Å². The first kappa shape index (κ1) is 10.5. The molecule has 0 aliphatic carbocycles. The van der Waals surface area contributed by atoms with Crippen molar-refractivity contribution < 1.29 is 0 Å². The maximum Gasteiger partial charge on any atom is 0.152 e. The van der Waals surface area contributed by atoms with E-state index in [0.717, 1.165) is 0 Å². The van der Waals surface area contributed by atoms with E-state index in [2.05, 4.69) is 40.9 Å². The van der Waals surface area contributed by atoms with E-state index in [1.165, 1.54) is 8.56 Å². The molecule has 0 fully saturated rings. The molecule has 0 saturated carbocycles. The standard InChI is InChI=1S/C5H5N.C4H4BBrS/c1-2-4-6-5-3-1;5-3-1-2-4(6)7-3/h1-5H;1-2H,5H2. The predicted octanol–water partition coefficient (Wildman–Crippen LogP) is 1.85. The van der Waals surface area contributed by atoms with Crippen molar-refractivity contribution in [1.82, 2.24) is 4.98 Å². The monoisotopic (exact) mass is 253 g/mol. The van der Waals surface area contributed by atoms with Crippen molar-refractivity contribution >= 4 is 39.9 Å². The van der Waals surface area contributed by atoms with Crippen LogP contribution in [-0.2, 0) is 0 Å². The quantitative estimate of drug-likeness (QED) is 0.654. The first-order valence-corrected chi connectivity index (χ1v) is 5.47. The Labute approximate surface area is 91.4 Å². The van der Waals surface area contributed by atoms with Crippen molar-refractivity contribution in [3.8, 4) is 0 Å². The molecular weight excluding hydrogens is 245 g/mol. The van der Waals surface area contributed by atoms with Crippen LogP contribution in [0, 0.1) is 0 Å². The van der Waals surface area contributed by atoms with E-state index in [0.29, 0.717) is 0 Å². The van der Waals surface area contributed by atoms with Crippen molar-refractivity contribution in [2.75, 3.05) is 0 Å². The van der Waals surface area contributed by atoms with Crippen LogP contribution in [0.5, 0.6) is 0 Å². The number of halogens is 1. The average Bonchev–Trinajstić information content (AvgIpc) is 2.54. The van der Waals surface area contributed by atoms with Gasteiger partial charge in [0.2, 0.25) is 0 Å². The number of aromatic nitrogens is 1.